The van der Waals surface area contributed by atoms with Gasteiger partial charge in [-0.25, -0.2) is 0 Å². The van der Waals surface area contributed by atoms with Gasteiger partial charge in [0.15, 0.2) is 0 Å². The van der Waals surface area contributed by atoms with E-state index in [0.717, 1.165) is 37.0 Å². The minimum atomic E-state index is -0.795. The molecule has 0 spiro atoms. The molecule has 7 atom stereocenters. The maximum atomic E-state index is 12.5. The number of fused-ring (bicyclic) bond motifs is 5. The smallest absolute Gasteiger partial charge is 0.307 e. The molecule has 4 heteroatoms. The van der Waals surface area contributed by atoms with Crippen molar-refractivity contribution in [3.63, 3.8) is 0 Å². The van der Waals surface area contributed by atoms with Gasteiger partial charge < -0.3 is 10.4 Å². The summed E-state index contributed by atoms with van der Waals surface area (Å²) in [5.74, 6) is 1.75. The Morgan fingerprint density at radius 2 is 1.57 bits per heavy atom. The molecule has 0 saturated heterocycles. The average molecular weight is 291 g/mol. The normalized spacial score (nSPS) is 47.5. The molecule has 21 heavy (non-hydrogen) atoms. The first kappa shape index (κ1) is 13.6. The highest BCUT2D eigenvalue weighted by atomic mass is 16.4. The quantitative estimate of drug-likeness (QED) is 0.839. The van der Waals surface area contributed by atoms with Crippen LogP contribution >= 0.6 is 0 Å². The van der Waals surface area contributed by atoms with Crippen LogP contribution in [0.25, 0.3) is 0 Å². The second-order valence-corrected chi connectivity index (χ2v) is 7.75. The molecular weight excluding hydrogens is 266 g/mol. The Morgan fingerprint density at radius 3 is 2.38 bits per heavy atom. The average Bonchev–Trinajstić information content (AvgIpc) is 3.19. The molecule has 4 saturated carbocycles. The predicted octanol–water partition coefficient (Wildman–Crippen LogP) is 2.43. The maximum Gasteiger partial charge on any atom is 0.307 e. The Balaban J connectivity index is 1.41. The van der Waals surface area contributed by atoms with Gasteiger partial charge in [0.25, 0.3) is 0 Å². The molecule has 0 aromatic rings. The third kappa shape index (κ3) is 2.09. The molecule has 116 valence electrons. The van der Waals surface area contributed by atoms with Crippen LogP contribution in [-0.4, -0.2) is 23.0 Å². The van der Waals surface area contributed by atoms with Crippen LogP contribution in [0.3, 0.4) is 0 Å². The van der Waals surface area contributed by atoms with Crippen LogP contribution in [0.2, 0.25) is 0 Å². The van der Waals surface area contributed by atoms with Gasteiger partial charge in [-0.3, -0.25) is 9.59 Å². The molecule has 0 heterocycles. The standard InChI is InChI=1S/C17H25NO3/c19-16(12-5-2-6-13(12)17(20)21)18-15-8-9-7-14(15)11-4-1-3-10(9)11/h9-15H,1-8H2,(H,18,19)(H,20,21). The van der Waals surface area contributed by atoms with Crippen molar-refractivity contribution in [1.82, 2.24) is 5.32 Å². The van der Waals surface area contributed by atoms with E-state index in [1.54, 1.807) is 0 Å². The topological polar surface area (TPSA) is 66.4 Å². The van der Waals surface area contributed by atoms with Crippen molar-refractivity contribution in [3.8, 4) is 0 Å². The Bertz CT molecular complexity index is 463. The molecule has 2 N–H and O–H groups in total. The van der Waals surface area contributed by atoms with Crippen molar-refractivity contribution in [1.29, 1.82) is 0 Å². The highest BCUT2D eigenvalue weighted by Gasteiger charge is 2.54. The molecule has 0 radical (unpaired) electrons. The lowest BCUT2D eigenvalue weighted by atomic mass is 9.79. The first-order chi connectivity index (χ1) is 10.1. The first-order valence-corrected chi connectivity index (χ1v) is 8.68. The zero-order valence-corrected chi connectivity index (χ0v) is 12.5. The fourth-order valence-electron chi connectivity index (χ4n) is 6.09. The summed E-state index contributed by atoms with van der Waals surface area (Å²) >= 11 is 0. The zero-order chi connectivity index (χ0) is 14.6. The van der Waals surface area contributed by atoms with Crippen molar-refractivity contribution in [2.24, 2.45) is 35.5 Å². The summed E-state index contributed by atoms with van der Waals surface area (Å²) in [6.07, 6.45) is 8.83. The largest absolute Gasteiger partial charge is 0.481 e. The van der Waals surface area contributed by atoms with E-state index in [-0.39, 0.29) is 11.8 Å². The van der Waals surface area contributed by atoms with Gasteiger partial charge in [-0.1, -0.05) is 12.8 Å². The Kier molecular flexibility index (Phi) is 3.23. The Labute approximate surface area is 125 Å². The number of nitrogens with one attached hydrogen (secondary N) is 1. The lowest BCUT2D eigenvalue weighted by molar-refractivity contribution is -0.146. The molecule has 4 aliphatic rings. The monoisotopic (exact) mass is 291 g/mol. The summed E-state index contributed by atoms with van der Waals surface area (Å²) in [7, 11) is 0. The number of amides is 1. The first-order valence-electron chi connectivity index (χ1n) is 8.68. The predicted molar refractivity (Wildman–Crippen MR) is 77.4 cm³/mol. The van der Waals surface area contributed by atoms with E-state index in [1.807, 2.05) is 0 Å². The second kappa shape index (κ2) is 4.99. The summed E-state index contributed by atoms with van der Waals surface area (Å²) < 4.78 is 0. The van der Waals surface area contributed by atoms with Gasteiger partial charge in [-0.05, 0) is 62.2 Å². The summed E-state index contributed by atoms with van der Waals surface area (Å²) in [5.41, 5.74) is 0. The van der Waals surface area contributed by atoms with E-state index >= 15 is 0 Å². The minimum Gasteiger partial charge on any atom is -0.481 e. The summed E-state index contributed by atoms with van der Waals surface area (Å²) in [5, 5.41) is 12.5. The summed E-state index contributed by atoms with van der Waals surface area (Å²) in [4.78, 5) is 23.8. The molecular formula is C17H25NO3. The Morgan fingerprint density at radius 1 is 0.857 bits per heavy atom. The Hall–Kier alpha value is -1.06. The number of hydrogen-bond donors (Lipinski definition) is 2. The molecule has 4 fully saturated rings. The highest BCUT2D eigenvalue weighted by Crippen LogP contribution is 2.58. The van der Waals surface area contributed by atoms with Gasteiger partial charge in [0.2, 0.25) is 5.91 Å². The van der Waals surface area contributed by atoms with Crippen molar-refractivity contribution >= 4 is 11.9 Å². The van der Waals surface area contributed by atoms with Crippen LogP contribution in [0.5, 0.6) is 0 Å². The third-order valence-electron chi connectivity index (χ3n) is 6.93. The lowest BCUT2D eigenvalue weighted by Crippen LogP contribution is -2.46. The number of carbonyl (C=O) groups excluding carboxylic acids is 1. The summed E-state index contributed by atoms with van der Waals surface area (Å²) in [6, 6.07) is 0.330. The van der Waals surface area contributed by atoms with Crippen molar-refractivity contribution < 1.29 is 14.7 Å². The molecule has 2 bridgehead atoms. The molecule has 0 aromatic heterocycles. The fourth-order valence-corrected chi connectivity index (χ4v) is 6.09. The van der Waals surface area contributed by atoms with E-state index in [0.29, 0.717) is 18.4 Å². The van der Waals surface area contributed by atoms with Gasteiger partial charge in [-0.15, -0.1) is 0 Å². The van der Waals surface area contributed by atoms with Crippen molar-refractivity contribution in [2.45, 2.75) is 57.4 Å². The second-order valence-electron chi connectivity index (χ2n) is 7.75. The van der Waals surface area contributed by atoms with E-state index in [4.69, 9.17) is 0 Å². The van der Waals surface area contributed by atoms with Gasteiger partial charge in [0, 0.05) is 6.04 Å². The lowest BCUT2D eigenvalue weighted by Gasteiger charge is -2.33. The molecule has 4 aliphatic carbocycles. The molecule has 0 aliphatic heterocycles. The van der Waals surface area contributed by atoms with Crippen molar-refractivity contribution in [2.75, 3.05) is 0 Å². The van der Waals surface area contributed by atoms with Crippen LogP contribution in [0.4, 0.5) is 0 Å². The van der Waals surface area contributed by atoms with Crippen LogP contribution in [-0.2, 0) is 9.59 Å². The minimum absolute atomic E-state index is 0.0204. The van der Waals surface area contributed by atoms with Gasteiger partial charge >= 0.3 is 5.97 Å². The van der Waals surface area contributed by atoms with Gasteiger partial charge in [0.05, 0.1) is 11.8 Å². The van der Waals surface area contributed by atoms with E-state index in [1.165, 1.54) is 25.7 Å². The fraction of sp³-hybridized carbons (Fsp3) is 0.882. The van der Waals surface area contributed by atoms with E-state index in [2.05, 4.69) is 5.32 Å². The van der Waals surface area contributed by atoms with E-state index < -0.39 is 11.9 Å². The zero-order valence-electron chi connectivity index (χ0n) is 12.5. The molecule has 7 unspecified atom stereocenters. The van der Waals surface area contributed by atoms with Crippen LogP contribution in [0, 0.1) is 35.5 Å². The molecule has 4 rings (SSSR count). The molecule has 4 nitrogen and oxygen atoms in total. The van der Waals surface area contributed by atoms with Gasteiger partial charge in [-0.2, -0.15) is 0 Å². The highest BCUT2D eigenvalue weighted by molar-refractivity contribution is 5.85. The van der Waals surface area contributed by atoms with E-state index in [9.17, 15) is 14.7 Å². The third-order valence-corrected chi connectivity index (χ3v) is 6.93. The van der Waals surface area contributed by atoms with Gasteiger partial charge in [0.1, 0.15) is 0 Å². The number of aliphatic carboxylic acids is 1. The van der Waals surface area contributed by atoms with Crippen LogP contribution in [0.15, 0.2) is 0 Å². The molecule has 0 aromatic carbocycles. The van der Waals surface area contributed by atoms with Crippen molar-refractivity contribution in [3.05, 3.63) is 0 Å². The number of rotatable bonds is 3. The number of hydrogen-bond acceptors (Lipinski definition) is 2. The maximum absolute atomic E-state index is 12.5. The van der Waals surface area contributed by atoms with Crippen LogP contribution in [0.1, 0.15) is 51.4 Å². The number of carbonyl (C=O) groups is 2. The summed E-state index contributed by atoms with van der Waals surface area (Å²) in [6.45, 7) is 0. The molecule has 1 amide bonds. The van der Waals surface area contributed by atoms with Crippen LogP contribution < -0.4 is 5.32 Å². The number of carboxylic acid groups (broad SMARTS) is 1. The number of carboxylic acids is 1. The SMILES string of the molecule is O=C(O)C1CCCC1C(=O)NC1CC2CC1C1CCCC21.